The Labute approximate surface area is 267 Å². The third kappa shape index (κ3) is 7.98. The van der Waals surface area contributed by atoms with Gasteiger partial charge in [0.2, 0.25) is 11.8 Å². The van der Waals surface area contributed by atoms with Crippen LogP contribution in [0.3, 0.4) is 0 Å². The molecule has 0 aliphatic carbocycles. The first kappa shape index (κ1) is 31.5. The number of nitrogens with zero attached hydrogens (tertiary/aromatic N) is 7. The molecule has 3 amide bonds. The molecule has 1 aliphatic rings. The largest absolute Gasteiger partial charge is 0.453 e. The van der Waals surface area contributed by atoms with Gasteiger partial charge in [-0.25, -0.2) is 4.79 Å². The minimum atomic E-state index is -0.896. The number of aromatic nitrogens is 6. The summed E-state index contributed by atoms with van der Waals surface area (Å²) in [6.07, 6.45) is 3.37. The molecule has 2 aromatic carbocycles. The molecule has 0 radical (unpaired) electrons. The Morgan fingerprint density at radius 1 is 1.13 bits per heavy atom. The van der Waals surface area contributed by atoms with E-state index in [-0.39, 0.29) is 24.0 Å². The second kappa shape index (κ2) is 14.2. The molecule has 2 atom stereocenters. The average molecular weight is 652 g/mol. The fourth-order valence-electron chi connectivity index (χ4n) is 4.71. The topological polar surface area (TPSA) is 177 Å². The lowest BCUT2D eigenvalue weighted by atomic mass is 10.0. The highest BCUT2D eigenvalue weighted by atomic mass is 35.5. The summed E-state index contributed by atoms with van der Waals surface area (Å²) in [5, 5.41) is 35.3. The van der Waals surface area contributed by atoms with Crippen LogP contribution in [0, 0.1) is 0 Å². The number of carbonyl (C=O) groups is 3. The molecule has 0 spiro atoms. The van der Waals surface area contributed by atoms with Crippen LogP contribution in [-0.2, 0) is 14.3 Å². The van der Waals surface area contributed by atoms with Gasteiger partial charge in [-0.05, 0) is 59.3 Å². The number of ether oxygens (including phenoxy) is 1. The zero-order valence-corrected chi connectivity index (χ0v) is 25.3. The molecular formula is C29H27Cl2N9O5. The van der Waals surface area contributed by atoms with Gasteiger partial charge >= 0.3 is 6.09 Å². The highest BCUT2D eigenvalue weighted by molar-refractivity contribution is 6.31. The Morgan fingerprint density at radius 2 is 1.93 bits per heavy atom. The zero-order chi connectivity index (χ0) is 31.9. The molecular weight excluding hydrogens is 625 g/mol. The maximum atomic E-state index is 13.3. The third-order valence-corrected chi connectivity index (χ3v) is 7.50. The summed E-state index contributed by atoms with van der Waals surface area (Å²) in [5.74, 6) is -0.797. The van der Waals surface area contributed by atoms with Crippen molar-refractivity contribution >= 4 is 52.9 Å². The number of anilines is 1. The van der Waals surface area contributed by atoms with E-state index in [1.54, 1.807) is 59.5 Å². The molecule has 4 aromatic rings. The molecule has 5 rings (SSSR count). The van der Waals surface area contributed by atoms with E-state index in [0.29, 0.717) is 51.7 Å². The number of aliphatic hydroxyl groups excluding tert-OH is 1. The van der Waals surface area contributed by atoms with Crippen LogP contribution in [0.15, 0.2) is 60.9 Å². The van der Waals surface area contributed by atoms with Crippen molar-refractivity contribution in [2.24, 2.45) is 0 Å². The summed E-state index contributed by atoms with van der Waals surface area (Å²) >= 11 is 12.7. The van der Waals surface area contributed by atoms with E-state index in [9.17, 15) is 19.5 Å². The number of halogens is 2. The lowest BCUT2D eigenvalue weighted by Gasteiger charge is -2.23. The van der Waals surface area contributed by atoms with Gasteiger partial charge in [0.15, 0.2) is 5.15 Å². The molecule has 232 valence electrons. The third-order valence-electron chi connectivity index (χ3n) is 6.97. The molecule has 1 aliphatic heterocycles. The van der Waals surface area contributed by atoms with Crippen molar-refractivity contribution in [1.82, 2.24) is 40.6 Å². The van der Waals surface area contributed by atoms with Gasteiger partial charge in [-0.15, -0.1) is 15.3 Å². The second-order valence-electron chi connectivity index (χ2n) is 10.0. The molecule has 0 saturated carbocycles. The number of nitrogens with one attached hydrogen (secondary N) is 2. The first-order valence-corrected chi connectivity index (χ1v) is 14.4. The van der Waals surface area contributed by atoms with Crippen molar-refractivity contribution in [1.29, 1.82) is 0 Å². The van der Waals surface area contributed by atoms with Gasteiger partial charge in [0.25, 0.3) is 0 Å². The Bertz CT molecular complexity index is 1720. The van der Waals surface area contributed by atoms with Gasteiger partial charge in [0.1, 0.15) is 6.33 Å². The molecule has 1 saturated heterocycles. The molecule has 16 heteroatoms. The van der Waals surface area contributed by atoms with Crippen molar-refractivity contribution in [2.75, 3.05) is 25.5 Å². The number of benzene rings is 2. The highest BCUT2D eigenvalue weighted by Gasteiger charge is 2.29. The molecule has 0 bridgehead atoms. The van der Waals surface area contributed by atoms with Gasteiger partial charge in [-0.1, -0.05) is 35.3 Å². The number of aliphatic hydroxyl groups is 1. The number of β-amino-alcohol motifs (C(OH)–C–C–N with tert-alkyl or cyclic N) is 1. The summed E-state index contributed by atoms with van der Waals surface area (Å²) in [6, 6.07) is 12.5. The summed E-state index contributed by atoms with van der Waals surface area (Å²) in [5.41, 5.74) is 3.09. The second-order valence-corrected chi connectivity index (χ2v) is 10.8. The number of tetrazole rings is 1. The van der Waals surface area contributed by atoms with Crippen LogP contribution >= 0.6 is 23.2 Å². The minimum absolute atomic E-state index is 0.00192. The minimum Gasteiger partial charge on any atom is -0.453 e. The van der Waals surface area contributed by atoms with Crippen LogP contribution in [0.25, 0.3) is 23.0 Å². The molecule has 14 nitrogen and oxygen atoms in total. The Balaban J connectivity index is 1.42. The van der Waals surface area contributed by atoms with Crippen molar-refractivity contribution in [2.45, 2.75) is 25.0 Å². The number of hydrogen-bond donors (Lipinski definition) is 3. The maximum absolute atomic E-state index is 13.3. The highest BCUT2D eigenvalue weighted by Crippen LogP contribution is 2.29. The summed E-state index contributed by atoms with van der Waals surface area (Å²) in [4.78, 5) is 39.6. The van der Waals surface area contributed by atoms with Gasteiger partial charge < -0.3 is 20.1 Å². The summed E-state index contributed by atoms with van der Waals surface area (Å²) in [6.45, 7) is 0.600. The standard InChI is InChI=1S/C29H27Cl2N9O5/c1-45-29(44)33-20-6-2-17(3-7-20)23-13-22(28(31)36-35-23)24(14-27(43)39-11-10-21(41)15-39)34-26(42)9-4-18-12-19(30)5-8-25(18)40-16-32-37-38-40/h2-9,12-13,16,21,24,41H,10-11,14-15H2,1H3,(H,33,44)(H,34,42)/b9-4+. The van der Waals surface area contributed by atoms with Crippen LogP contribution in [0.5, 0.6) is 0 Å². The van der Waals surface area contributed by atoms with E-state index >= 15 is 0 Å². The quantitative estimate of drug-likeness (QED) is 0.227. The Kier molecular flexibility index (Phi) is 9.97. The van der Waals surface area contributed by atoms with Crippen molar-refractivity contribution < 1.29 is 24.2 Å². The molecule has 3 heterocycles. The van der Waals surface area contributed by atoms with E-state index in [2.05, 4.69) is 41.1 Å². The van der Waals surface area contributed by atoms with E-state index in [4.69, 9.17) is 23.2 Å². The lowest BCUT2D eigenvalue weighted by molar-refractivity contribution is -0.131. The fourth-order valence-corrected chi connectivity index (χ4v) is 5.11. The van der Waals surface area contributed by atoms with E-state index in [1.807, 2.05) is 0 Å². The predicted octanol–water partition coefficient (Wildman–Crippen LogP) is 3.46. The fraction of sp³-hybridized carbons (Fsp3) is 0.241. The van der Waals surface area contributed by atoms with Crippen LogP contribution in [0.2, 0.25) is 10.2 Å². The number of methoxy groups -OCH3 is 1. The van der Waals surface area contributed by atoms with Crippen LogP contribution in [0.4, 0.5) is 10.5 Å². The number of hydrogen-bond acceptors (Lipinski definition) is 10. The van der Waals surface area contributed by atoms with Gasteiger partial charge in [-0.2, -0.15) is 4.68 Å². The normalized spacial score (nSPS) is 15.2. The van der Waals surface area contributed by atoms with Crippen LogP contribution in [0.1, 0.15) is 30.0 Å². The van der Waals surface area contributed by atoms with E-state index in [0.717, 1.165) is 0 Å². The average Bonchev–Trinajstić information content (AvgIpc) is 3.73. The van der Waals surface area contributed by atoms with Crippen molar-refractivity contribution in [3.63, 3.8) is 0 Å². The molecule has 1 fully saturated rings. The smallest absolute Gasteiger partial charge is 0.411 e. The number of likely N-dealkylation sites (tertiary alicyclic amines) is 1. The number of amides is 3. The number of rotatable bonds is 9. The van der Waals surface area contributed by atoms with E-state index < -0.39 is 24.1 Å². The zero-order valence-electron chi connectivity index (χ0n) is 23.8. The summed E-state index contributed by atoms with van der Waals surface area (Å²) < 4.78 is 6.05. The first-order valence-electron chi connectivity index (χ1n) is 13.7. The van der Waals surface area contributed by atoms with Crippen LogP contribution in [-0.4, -0.2) is 84.6 Å². The predicted molar refractivity (Wildman–Crippen MR) is 164 cm³/mol. The lowest BCUT2D eigenvalue weighted by Crippen LogP contribution is -2.35. The summed E-state index contributed by atoms with van der Waals surface area (Å²) in [7, 11) is 1.27. The molecule has 45 heavy (non-hydrogen) atoms. The van der Waals surface area contributed by atoms with E-state index in [1.165, 1.54) is 24.2 Å². The monoisotopic (exact) mass is 651 g/mol. The number of carbonyl (C=O) groups excluding carboxylic acids is 3. The first-order chi connectivity index (χ1) is 21.7. The molecule has 2 unspecified atom stereocenters. The Morgan fingerprint density at radius 3 is 2.62 bits per heavy atom. The Hall–Kier alpha value is -4.92. The molecule has 2 aromatic heterocycles. The molecule has 3 N–H and O–H groups in total. The maximum Gasteiger partial charge on any atom is 0.411 e. The van der Waals surface area contributed by atoms with Crippen molar-refractivity contribution in [3.8, 4) is 16.9 Å². The SMILES string of the molecule is COC(=O)Nc1ccc(-c2cc(C(CC(=O)N3CCC(O)C3)NC(=O)/C=C/c3cc(Cl)ccc3-n3cnnn3)c(Cl)nn2)cc1. The van der Waals surface area contributed by atoms with Crippen LogP contribution < -0.4 is 10.6 Å². The van der Waals surface area contributed by atoms with Gasteiger partial charge in [-0.3, -0.25) is 14.9 Å². The van der Waals surface area contributed by atoms with Gasteiger partial charge in [0.05, 0.1) is 37.1 Å². The van der Waals surface area contributed by atoms with Gasteiger partial charge in [0, 0.05) is 46.6 Å². The van der Waals surface area contributed by atoms with Crippen molar-refractivity contribution in [3.05, 3.63) is 82.2 Å².